The summed E-state index contributed by atoms with van der Waals surface area (Å²) >= 11 is 0. The Morgan fingerprint density at radius 2 is 1.94 bits per heavy atom. The van der Waals surface area contributed by atoms with Crippen LogP contribution in [0, 0.1) is 0 Å². The van der Waals surface area contributed by atoms with Crippen molar-refractivity contribution in [2.75, 3.05) is 19.6 Å². The third-order valence-corrected chi connectivity index (χ3v) is 2.12. The third-order valence-electron chi connectivity index (χ3n) is 2.12. The highest BCUT2D eigenvalue weighted by Crippen LogP contribution is 1.97. The second-order valence-electron chi connectivity index (χ2n) is 3.48. The second kappa shape index (κ2) is 6.73. The van der Waals surface area contributed by atoms with E-state index in [0.717, 1.165) is 6.54 Å². The first kappa shape index (κ1) is 12.4. The van der Waals surface area contributed by atoms with Crippen LogP contribution in [0.5, 0.6) is 0 Å². The minimum absolute atomic E-state index is 0.296. The molecule has 1 atom stereocenters. The summed E-state index contributed by atoms with van der Waals surface area (Å²) in [6.45, 7) is 3.97. The fourth-order valence-electron chi connectivity index (χ4n) is 1.36. The van der Waals surface area contributed by atoms with Gasteiger partial charge in [0.15, 0.2) is 0 Å². The van der Waals surface area contributed by atoms with E-state index in [4.69, 9.17) is 5.11 Å². The largest absolute Gasteiger partial charge is 0.465 e. The van der Waals surface area contributed by atoms with E-state index in [2.05, 4.69) is 15.3 Å². The molecule has 1 aliphatic heterocycles. The summed E-state index contributed by atoms with van der Waals surface area (Å²) in [4.78, 5) is 19.3. The van der Waals surface area contributed by atoms with Crippen molar-refractivity contribution in [2.24, 2.45) is 0 Å². The maximum absolute atomic E-state index is 10.4. The lowest BCUT2D eigenvalue weighted by molar-refractivity contribution is 0.130. The molecule has 1 amide bonds. The lowest BCUT2D eigenvalue weighted by Crippen LogP contribution is -2.50. The number of carbonyl (C=O) groups is 1. The Morgan fingerprint density at radius 1 is 1.38 bits per heavy atom. The molecule has 6 nitrogen and oxygen atoms in total. The van der Waals surface area contributed by atoms with E-state index in [1.165, 1.54) is 4.90 Å². The molecule has 0 bridgehead atoms. The van der Waals surface area contributed by atoms with Crippen LogP contribution < -0.4 is 5.32 Å². The molecule has 6 heteroatoms. The van der Waals surface area contributed by atoms with Gasteiger partial charge in [0.2, 0.25) is 0 Å². The molecule has 0 saturated carbocycles. The molecular formula is C10H16N4O2. The lowest BCUT2D eigenvalue weighted by atomic mass is 10.2. The Bertz CT molecular complexity index is 280. The number of amides is 1. The van der Waals surface area contributed by atoms with Gasteiger partial charge in [0.1, 0.15) is 0 Å². The summed E-state index contributed by atoms with van der Waals surface area (Å²) in [5, 5.41) is 11.7. The first-order valence-corrected chi connectivity index (χ1v) is 5.11. The van der Waals surface area contributed by atoms with Gasteiger partial charge in [0.05, 0.1) is 0 Å². The summed E-state index contributed by atoms with van der Waals surface area (Å²) in [5.41, 5.74) is 0. The van der Waals surface area contributed by atoms with Crippen molar-refractivity contribution in [3.63, 3.8) is 0 Å². The van der Waals surface area contributed by atoms with Crippen molar-refractivity contribution >= 4 is 6.09 Å². The highest BCUT2D eigenvalue weighted by atomic mass is 16.4. The zero-order valence-electron chi connectivity index (χ0n) is 9.21. The molecule has 88 valence electrons. The number of piperazine rings is 1. The van der Waals surface area contributed by atoms with Crippen LogP contribution >= 0.6 is 0 Å². The molecule has 0 spiro atoms. The van der Waals surface area contributed by atoms with Gasteiger partial charge in [0, 0.05) is 50.5 Å². The summed E-state index contributed by atoms with van der Waals surface area (Å²) in [7, 11) is 0. The van der Waals surface area contributed by atoms with Gasteiger partial charge in [-0.1, -0.05) is 0 Å². The van der Waals surface area contributed by atoms with Crippen molar-refractivity contribution in [1.82, 2.24) is 20.2 Å². The molecule has 2 N–H and O–H groups in total. The number of hydrogen-bond donors (Lipinski definition) is 2. The molecule has 0 radical (unpaired) electrons. The molecule has 1 fully saturated rings. The number of nitrogens with zero attached hydrogens (tertiary/aromatic N) is 3. The van der Waals surface area contributed by atoms with E-state index < -0.39 is 6.09 Å². The Labute approximate surface area is 94.3 Å². The minimum Gasteiger partial charge on any atom is -0.465 e. The molecule has 1 aromatic rings. The maximum Gasteiger partial charge on any atom is 0.407 e. The van der Waals surface area contributed by atoms with Crippen LogP contribution in [0.3, 0.4) is 0 Å². The van der Waals surface area contributed by atoms with Crippen LogP contribution in [-0.2, 0) is 0 Å². The molecule has 0 aromatic carbocycles. The third kappa shape index (κ3) is 4.70. The Morgan fingerprint density at radius 3 is 2.25 bits per heavy atom. The van der Waals surface area contributed by atoms with Crippen LogP contribution in [0.2, 0.25) is 0 Å². The van der Waals surface area contributed by atoms with E-state index in [-0.39, 0.29) is 0 Å². The number of carboxylic acid groups (broad SMARTS) is 1. The standard InChI is InChI=1S/C6H12N2O2.C4H4N2/c1-5-4-8(6(9)10)3-2-7-5;1-2-6-4-3-5-1/h5,7H,2-4H2,1H3,(H,9,10);1-4H. The normalized spacial score (nSPS) is 19.6. The molecule has 1 aromatic heterocycles. The fraction of sp³-hybridized carbons (Fsp3) is 0.500. The first-order valence-electron chi connectivity index (χ1n) is 5.11. The molecule has 1 unspecified atom stereocenters. The first-order chi connectivity index (χ1) is 7.70. The van der Waals surface area contributed by atoms with Crippen molar-refractivity contribution in [2.45, 2.75) is 13.0 Å². The zero-order valence-corrected chi connectivity index (χ0v) is 9.21. The summed E-state index contributed by atoms with van der Waals surface area (Å²) in [6.07, 6.45) is 5.74. The fourth-order valence-corrected chi connectivity index (χ4v) is 1.36. The predicted octanol–water partition coefficient (Wildman–Crippen LogP) is 0.435. The van der Waals surface area contributed by atoms with Gasteiger partial charge in [-0.3, -0.25) is 9.97 Å². The monoisotopic (exact) mass is 224 g/mol. The number of hydrogen-bond acceptors (Lipinski definition) is 4. The summed E-state index contributed by atoms with van der Waals surface area (Å²) < 4.78 is 0. The summed E-state index contributed by atoms with van der Waals surface area (Å²) in [6, 6.07) is 0.296. The summed E-state index contributed by atoms with van der Waals surface area (Å²) in [5.74, 6) is 0. The SMILES string of the molecule is CC1CN(C(=O)O)CCN1.c1cnccn1. The van der Waals surface area contributed by atoms with E-state index in [1.54, 1.807) is 24.8 Å². The molecule has 1 aliphatic rings. The average molecular weight is 224 g/mol. The lowest BCUT2D eigenvalue weighted by Gasteiger charge is -2.29. The van der Waals surface area contributed by atoms with Crippen molar-refractivity contribution < 1.29 is 9.90 Å². The van der Waals surface area contributed by atoms with Crippen LogP contribution in [-0.4, -0.2) is 51.7 Å². The second-order valence-corrected chi connectivity index (χ2v) is 3.48. The number of nitrogens with one attached hydrogen (secondary N) is 1. The minimum atomic E-state index is -0.812. The number of aromatic nitrogens is 2. The van der Waals surface area contributed by atoms with Gasteiger partial charge in [-0.05, 0) is 6.92 Å². The van der Waals surface area contributed by atoms with Crippen LogP contribution in [0.4, 0.5) is 4.79 Å². The van der Waals surface area contributed by atoms with Gasteiger partial charge >= 0.3 is 6.09 Å². The van der Waals surface area contributed by atoms with Crippen molar-refractivity contribution in [1.29, 1.82) is 0 Å². The predicted molar refractivity (Wildman–Crippen MR) is 59.1 cm³/mol. The van der Waals surface area contributed by atoms with E-state index in [1.807, 2.05) is 6.92 Å². The zero-order chi connectivity index (χ0) is 11.8. The molecule has 0 aliphatic carbocycles. The van der Waals surface area contributed by atoms with Crippen LogP contribution in [0.15, 0.2) is 24.8 Å². The van der Waals surface area contributed by atoms with E-state index >= 15 is 0 Å². The molecular weight excluding hydrogens is 208 g/mol. The van der Waals surface area contributed by atoms with Gasteiger partial charge in [-0.15, -0.1) is 0 Å². The van der Waals surface area contributed by atoms with Gasteiger partial charge in [-0.25, -0.2) is 4.79 Å². The topological polar surface area (TPSA) is 78.4 Å². The maximum atomic E-state index is 10.4. The van der Waals surface area contributed by atoms with Gasteiger partial charge in [0.25, 0.3) is 0 Å². The van der Waals surface area contributed by atoms with Gasteiger partial charge < -0.3 is 15.3 Å². The van der Waals surface area contributed by atoms with E-state index in [0.29, 0.717) is 19.1 Å². The highest BCUT2D eigenvalue weighted by Gasteiger charge is 2.18. The molecule has 2 heterocycles. The quantitative estimate of drug-likeness (QED) is 0.668. The smallest absolute Gasteiger partial charge is 0.407 e. The van der Waals surface area contributed by atoms with E-state index in [9.17, 15) is 4.79 Å². The Kier molecular flexibility index (Phi) is 5.21. The van der Waals surface area contributed by atoms with Crippen molar-refractivity contribution in [3.05, 3.63) is 24.8 Å². The van der Waals surface area contributed by atoms with Crippen molar-refractivity contribution in [3.8, 4) is 0 Å². The van der Waals surface area contributed by atoms with Crippen LogP contribution in [0.1, 0.15) is 6.92 Å². The molecule has 16 heavy (non-hydrogen) atoms. The number of rotatable bonds is 0. The van der Waals surface area contributed by atoms with Crippen LogP contribution in [0.25, 0.3) is 0 Å². The molecule has 1 saturated heterocycles. The highest BCUT2D eigenvalue weighted by molar-refractivity contribution is 5.65. The Hall–Kier alpha value is -1.69. The van der Waals surface area contributed by atoms with Gasteiger partial charge in [-0.2, -0.15) is 0 Å². The molecule has 2 rings (SSSR count). The Balaban J connectivity index is 0.000000181. The average Bonchev–Trinajstić information content (AvgIpc) is 2.32.